The van der Waals surface area contributed by atoms with Gasteiger partial charge in [0.2, 0.25) is 11.8 Å². The van der Waals surface area contributed by atoms with Crippen LogP contribution < -0.4 is 10.2 Å². The molecule has 0 atom stereocenters. The van der Waals surface area contributed by atoms with Gasteiger partial charge in [0.05, 0.1) is 12.3 Å². The van der Waals surface area contributed by atoms with Crippen LogP contribution in [0.1, 0.15) is 95.8 Å². The van der Waals surface area contributed by atoms with Crippen molar-refractivity contribution in [1.82, 2.24) is 9.78 Å². The van der Waals surface area contributed by atoms with Crippen LogP contribution in [0.2, 0.25) is 0 Å². The third kappa shape index (κ3) is 6.45. The van der Waals surface area contributed by atoms with Crippen molar-refractivity contribution in [1.29, 1.82) is 0 Å². The predicted molar refractivity (Wildman–Crippen MR) is 148 cm³/mol. The summed E-state index contributed by atoms with van der Waals surface area (Å²) in [7, 11) is 0. The van der Waals surface area contributed by atoms with E-state index in [1.54, 1.807) is 22.7 Å². The summed E-state index contributed by atoms with van der Waals surface area (Å²) in [4.78, 5) is 40.9. The maximum Gasteiger partial charge on any atom is 0.343 e. The fourth-order valence-corrected chi connectivity index (χ4v) is 5.64. The Morgan fingerprint density at radius 2 is 1.66 bits per heavy atom. The number of amides is 2. The first-order valence-corrected chi connectivity index (χ1v) is 14.3. The molecule has 8 heteroatoms. The first-order chi connectivity index (χ1) is 18.3. The van der Waals surface area contributed by atoms with Crippen LogP contribution in [0.4, 0.5) is 11.5 Å². The maximum atomic E-state index is 13.7. The summed E-state index contributed by atoms with van der Waals surface area (Å²) >= 11 is 0. The Morgan fingerprint density at radius 1 is 1.00 bits per heavy atom. The number of hydrogen-bond donors (Lipinski definition) is 1. The second kappa shape index (κ2) is 12.6. The molecule has 2 aliphatic rings. The van der Waals surface area contributed by atoms with Gasteiger partial charge in [-0.1, -0.05) is 26.2 Å². The van der Waals surface area contributed by atoms with Crippen LogP contribution in [0, 0.1) is 17.8 Å². The van der Waals surface area contributed by atoms with Crippen LogP contribution in [0.25, 0.3) is 5.69 Å². The summed E-state index contributed by atoms with van der Waals surface area (Å²) in [6.07, 6.45) is 10.7. The summed E-state index contributed by atoms with van der Waals surface area (Å²) in [5.74, 6) is 0.570. The Bertz CT molecular complexity index is 1110. The molecule has 0 radical (unpaired) electrons. The Balaban J connectivity index is 1.59. The van der Waals surface area contributed by atoms with Crippen molar-refractivity contribution in [2.24, 2.45) is 17.8 Å². The van der Waals surface area contributed by atoms with Gasteiger partial charge in [-0.15, -0.1) is 5.10 Å². The lowest BCUT2D eigenvalue weighted by Crippen LogP contribution is -2.43. The number of nitrogens with one attached hydrogen (secondary N) is 1. The zero-order chi connectivity index (χ0) is 27.2. The highest BCUT2D eigenvalue weighted by molar-refractivity contribution is 6.02. The van der Waals surface area contributed by atoms with Crippen molar-refractivity contribution in [3.8, 4) is 5.69 Å². The number of nitrogens with zero attached hydrogens (tertiary/aromatic N) is 3. The highest BCUT2D eigenvalue weighted by Crippen LogP contribution is 2.33. The number of aromatic nitrogens is 2. The number of carbonyl (C=O) groups excluding carboxylic acids is 3. The zero-order valence-corrected chi connectivity index (χ0v) is 23.2. The number of ether oxygens (including phenoxy) is 1. The quantitative estimate of drug-likeness (QED) is 0.421. The Hall–Kier alpha value is -3.16. The summed E-state index contributed by atoms with van der Waals surface area (Å²) in [6.45, 7) is 8.11. The summed E-state index contributed by atoms with van der Waals surface area (Å²) in [5, 5.41) is 7.77. The first kappa shape index (κ1) is 27.9. The molecule has 0 aliphatic heterocycles. The van der Waals surface area contributed by atoms with Gasteiger partial charge in [-0.05, 0) is 89.5 Å². The van der Waals surface area contributed by atoms with E-state index in [9.17, 15) is 14.4 Å². The monoisotopic (exact) mass is 522 g/mol. The molecule has 0 saturated heterocycles. The molecule has 0 spiro atoms. The number of esters is 1. The molecule has 2 aromatic rings. The topological polar surface area (TPSA) is 93.5 Å². The molecule has 0 unspecified atom stereocenters. The number of carbonyl (C=O) groups is 3. The molecule has 206 valence electrons. The Morgan fingerprint density at radius 3 is 2.26 bits per heavy atom. The molecule has 0 bridgehead atoms. The minimum atomic E-state index is -0.499. The molecule has 4 rings (SSSR count). The van der Waals surface area contributed by atoms with Crippen molar-refractivity contribution in [2.75, 3.05) is 16.8 Å². The molecular weight excluding hydrogens is 480 g/mol. The average molecular weight is 523 g/mol. The van der Waals surface area contributed by atoms with E-state index < -0.39 is 5.97 Å². The van der Waals surface area contributed by atoms with Crippen LogP contribution in [-0.4, -0.2) is 40.2 Å². The van der Waals surface area contributed by atoms with Gasteiger partial charge in [0.15, 0.2) is 5.82 Å². The average Bonchev–Trinajstić information content (AvgIpc) is 3.35. The first-order valence-electron chi connectivity index (χ1n) is 14.3. The lowest BCUT2D eigenvalue weighted by molar-refractivity contribution is -0.124. The Kier molecular flexibility index (Phi) is 9.23. The van der Waals surface area contributed by atoms with Crippen LogP contribution in [-0.2, 0) is 14.3 Å². The number of anilines is 2. The fraction of sp³-hybridized carbons (Fsp3) is 0.600. The SMILES string of the molecule is CCOC(=O)c1cn(-c2ccc(NC(=O)C3CCCCC3)cc2)nc1N(C(=O)[C@H]1CC[C@H](C)CC1)C(C)C. The maximum absolute atomic E-state index is 13.7. The number of benzene rings is 1. The molecule has 2 amide bonds. The number of hydrogen-bond acceptors (Lipinski definition) is 5. The number of rotatable bonds is 8. The van der Waals surface area contributed by atoms with Gasteiger partial charge in [-0.2, -0.15) is 0 Å². The third-order valence-corrected chi connectivity index (χ3v) is 7.91. The van der Waals surface area contributed by atoms with E-state index >= 15 is 0 Å². The molecule has 2 aliphatic carbocycles. The molecule has 1 aromatic heterocycles. The van der Waals surface area contributed by atoms with Gasteiger partial charge in [-0.25, -0.2) is 9.48 Å². The lowest BCUT2D eigenvalue weighted by atomic mass is 9.82. The van der Waals surface area contributed by atoms with E-state index in [1.807, 2.05) is 38.1 Å². The Labute approximate surface area is 226 Å². The van der Waals surface area contributed by atoms with Crippen molar-refractivity contribution < 1.29 is 19.1 Å². The zero-order valence-electron chi connectivity index (χ0n) is 23.2. The standard InChI is InChI=1S/C30H42N4O4/c1-5-38-30(37)26-19-33(25-17-15-24(16-18-25)31-28(35)22-9-7-6-8-10-22)32-27(26)34(20(2)3)29(36)23-13-11-21(4)12-14-23/h15-23H,5-14H2,1-4H3,(H,31,35)/t21-,23-. The smallest absolute Gasteiger partial charge is 0.343 e. The minimum Gasteiger partial charge on any atom is -0.462 e. The largest absolute Gasteiger partial charge is 0.462 e. The van der Waals surface area contributed by atoms with E-state index in [1.165, 1.54) is 6.42 Å². The minimum absolute atomic E-state index is 0.0171. The van der Waals surface area contributed by atoms with Gasteiger partial charge in [0, 0.05) is 29.8 Å². The summed E-state index contributed by atoms with van der Waals surface area (Å²) in [6, 6.07) is 7.22. The van der Waals surface area contributed by atoms with Crippen LogP contribution in [0.5, 0.6) is 0 Å². The van der Waals surface area contributed by atoms with Crippen molar-refractivity contribution >= 4 is 29.3 Å². The van der Waals surface area contributed by atoms with E-state index in [-0.39, 0.29) is 41.9 Å². The van der Waals surface area contributed by atoms with Gasteiger partial charge in [0.25, 0.3) is 0 Å². The molecule has 8 nitrogen and oxygen atoms in total. The second-order valence-electron chi connectivity index (χ2n) is 11.2. The second-order valence-corrected chi connectivity index (χ2v) is 11.2. The van der Waals surface area contributed by atoms with E-state index in [4.69, 9.17) is 9.84 Å². The molecule has 38 heavy (non-hydrogen) atoms. The highest BCUT2D eigenvalue weighted by atomic mass is 16.5. The van der Waals surface area contributed by atoms with Gasteiger partial charge < -0.3 is 10.1 Å². The van der Waals surface area contributed by atoms with E-state index in [0.29, 0.717) is 11.7 Å². The van der Waals surface area contributed by atoms with Crippen LogP contribution in [0.15, 0.2) is 30.5 Å². The van der Waals surface area contributed by atoms with E-state index in [0.717, 1.165) is 62.7 Å². The lowest BCUT2D eigenvalue weighted by Gasteiger charge is -2.32. The highest BCUT2D eigenvalue weighted by Gasteiger charge is 2.34. The van der Waals surface area contributed by atoms with Gasteiger partial charge in [-0.3, -0.25) is 14.5 Å². The molecular formula is C30H42N4O4. The normalized spacial score (nSPS) is 20.2. The van der Waals surface area contributed by atoms with E-state index in [2.05, 4.69) is 12.2 Å². The van der Waals surface area contributed by atoms with Gasteiger partial charge in [0.1, 0.15) is 5.56 Å². The molecule has 1 heterocycles. The van der Waals surface area contributed by atoms with Gasteiger partial charge >= 0.3 is 5.97 Å². The van der Waals surface area contributed by atoms with Crippen molar-refractivity contribution in [2.45, 2.75) is 91.5 Å². The molecule has 1 aromatic carbocycles. The van der Waals surface area contributed by atoms with Crippen molar-refractivity contribution in [3.05, 3.63) is 36.0 Å². The fourth-order valence-electron chi connectivity index (χ4n) is 5.64. The molecule has 1 N–H and O–H groups in total. The molecule has 2 fully saturated rings. The van der Waals surface area contributed by atoms with Crippen LogP contribution >= 0.6 is 0 Å². The summed E-state index contributed by atoms with van der Waals surface area (Å²) in [5.41, 5.74) is 1.72. The summed E-state index contributed by atoms with van der Waals surface area (Å²) < 4.78 is 6.94. The molecule has 2 saturated carbocycles. The van der Waals surface area contributed by atoms with Crippen LogP contribution in [0.3, 0.4) is 0 Å². The third-order valence-electron chi connectivity index (χ3n) is 7.91. The van der Waals surface area contributed by atoms with Crippen molar-refractivity contribution in [3.63, 3.8) is 0 Å². The predicted octanol–water partition coefficient (Wildman–Crippen LogP) is 6.14.